The van der Waals surface area contributed by atoms with Crippen molar-refractivity contribution in [1.82, 2.24) is 5.32 Å². The van der Waals surface area contributed by atoms with Gasteiger partial charge in [-0.3, -0.25) is 9.59 Å². The Hall–Kier alpha value is -2.57. The third-order valence-electron chi connectivity index (χ3n) is 3.00. The van der Waals surface area contributed by atoms with Crippen molar-refractivity contribution < 1.29 is 28.6 Å². The van der Waals surface area contributed by atoms with E-state index in [-0.39, 0.29) is 19.0 Å². The van der Waals surface area contributed by atoms with Gasteiger partial charge in [0.1, 0.15) is 5.75 Å². The van der Waals surface area contributed by atoms with E-state index in [2.05, 4.69) is 10.1 Å². The zero-order valence-electron chi connectivity index (χ0n) is 14.0. The molecule has 0 heterocycles. The maximum atomic E-state index is 11.8. The van der Waals surface area contributed by atoms with E-state index in [1.807, 2.05) is 6.92 Å². The molecular weight excluding hydrogens is 314 g/mol. The zero-order valence-corrected chi connectivity index (χ0v) is 14.0. The average molecular weight is 337 g/mol. The summed E-state index contributed by atoms with van der Waals surface area (Å²) in [5.41, 5.74) is 0.345. The number of carbonyl (C=O) groups excluding carboxylic acids is 3. The molecule has 0 aliphatic rings. The minimum atomic E-state index is -0.582. The minimum Gasteiger partial charge on any atom is -0.494 e. The van der Waals surface area contributed by atoms with Crippen LogP contribution in [0.4, 0.5) is 0 Å². The van der Waals surface area contributed by atoms with Crippen LogP contribution in [-0.2, 0) is 19.1 Å². The fraction of sp³-hybridized carbons (Fsp3) is 0.471. The van der Waals surface area contributed by atoms with Gasteiger partial charge in [0.2, 0.25) is 0 Å². The molecule has 0 atom stereocenters. The average Bonchev–Trinajstić information content (AvgIpc) is 2.61. The quantitative estimate of drug-likeness (QED) is 0.516. The third-order valence-corrected chi connectivity index (χ3v) is 3.00. The molecule has 0 unspecified atom stereocenters. The second kappa shape index (κ2) is 11.0. The molecule has 1 aromatic rings. The molecule has 1 amide bonds. The Morgan fingerprint density at radius 1 is 1.12 bits per heavy atom. The van der Waals surface area contributed by atoms with Crippen molar-refractivity contribution >= 4 is 17.8 Å². The second-order valence-corrected chi connectivity index (χ2v) is 4.98. The highest BCUT2D eigenvalue weighted by atomic mass is 16.5. The van der Waals surface area contributed by atoms with Gasteiger partial charge in [-0.2, -0.15) is 0 Å². The molecular formula is C17H23NO6. The van der Waals surface area contributed by atoms with Gasteiger partial charge in [0.25, 0.3) is 5.91 Å². The summed E-state index contributed by atoms with van der Waals surface area (Å²) in [4.78, 5) is 34.3. The first-order chi connectivity index (χ1) is 11.6. The summed E-state index contributed by atoms with van der Waals surface area (Å²) in [5.74, 6) is -0.656. The lowest BCUT2D eigenvalue weighted by Crippen LogP contribution is -2.29. The Morgan fingerprint density at radius 2 is 1.83 bits per heavy atom. The molecule has 1 rings (SSSR count). The highest BCUT2D eigenvalue weighted by Gasteiger charge is 2.10. The van der Waals surface area contributed by atoms with Crippen molar-refractivity contribution in [3.8, 4) is 5.75 Å². The molecule has 0 fully saturated rings. The molecule has 0 saturated heterocycles. The number of carbonyl (C=O) groups is 3. The smallest absolute Gasteiger partial charge is 0.338 e. The molecule has 132 valence electrons. The van der Waals surface area contributed by atoms with Gasteiger partial charge >= 0.3 is 11.9 Å². The maximum absolute atomic E-state index is 11.8. The third kappa shape index (κ3) is 7.62. The predicted octanol–water partition coefficient (Wildman–Crippen LogP) is 1.70. The summed E-state index contributed by atoms with van der Waals surface area (Å²) < 4.78 is 14.8. The Morgan fingerprint density at radius 3 is 2.46 bits per heavy atom. The van der Waals surface area contributed by atoms with Gasteiger partial charge in [0.15, 0.2) is 6.61 Å². The highest BCUT2D eigenvalue weighted by molar-refractivity contribution is 5.91. The number of rotatable bonds is 10. The molecule has 0 aliphatic heterocycles. The summed E-state index contributed by atoms with van der Waals surface area (Å²) >= 11 is 0. The van der Waals surface area contributed by atoms with Crippen LogP contribution in [0.2, 0.25) is 0 Å². The van der Waals surface area contributed by atoms with Crippen LogP contribution in [0.25, 0.3) is 0 Å². The van der Waals surface area contributed by atoms with Crippen molar-refractivity contribution in [3.05, 3.63) is 29.8 Å². The molecule has 0 radical (unpaired) electrons. The van der Waals surface area contributed by atoms with E-state index in [0.29, 0.717) is 30.9 Å². The largest absolute Gasteiger partial charge is 0.494 e. The second-order valence-electron chi connectivity index (χ2n) is 4.98. The van der Waals surface area contributed by atoms with Gasteiger partial charge in [-0.1, -0.05) is 6.92 Å². The maximum Gasteiger partial charge on any atom is 0.338 e. The van der Waals surface area contributed by atoms with Crippen LogP contribution in [-0.4, -0.2) is 44.7 Å². The standard InChI is InChI=1S/C17H23NO6/c1-3-11-23-14-8-6-13(7-9-14)17(21)24-12-15(19)18-10-4-5-16(20)22-2/h6-9H,3-5,10-12H2,1-2H3,(H,18,19). The van der Waals surface area contributed by atoms with Crippen LogP contribution in [0.15, 0.2) is 24.3 Å². The molecule has 24 heavy (non-hydrogen) atoms. The summed E-state index contributed by atoms with van der Waals surface area (Å²) in [6.07, 6.45) is 1.59. The molecule has 7 nitrogen and oxygen atoms in total. The summed E-state index contributed by atoms with van der Waals surface area (Å²) in [6, 6.07) is 6.53. The van der Waals surface area contributed by atoms with Gasteiger partial charge in [0, 0.05) is 13.0 Å². The normalized spacial score (nSPS) is 9.92. The number of hydrogen-bond acceptors (Lipinski definition) is 6. The fourth-order valence-corrected chi connectivity index (χ4v) is 1.74. The van der Waals surface area contributed by atoms with Gasteiger partial charge in [-0.15, -0.1) is 0 Å². The van der Waals surface area contributed by atoms with E-state index in [9.17, 15) is 14.4 Å². The lowest BCUT2D eigenvalue weighted by molar-refractivity contribution is -0.140. The number of ether oxygens (including phenoxy) is 3. The number of esters is 2. The Kier molecular flexibility index (Phi) is 8.96. The van der Waals surface area contributed by atoms with Crippen LogP contribution in [0.1, 0.15) is 36.5 Å². The number of nitrogens with one attached hydrogen (secondary N) is 1. The van der Waals surface area contributed by atoms with Crippen LogP contribution in [0.5, 0.6) is 5.75 Å². The van der Waals surface area contributed by atoms with E-state index < -0.39 is 11.9 Å². The Balaban J connectivity index is 2.27. The van der Waals surface area contributed by atoms with Crippen LogP contribution in [0.3, 0.4) is 0 Å². The molecule has 0 saturated carbocycles. The summed E-state index contributed by atoms with van der Waals surface area (Å²) in [5, 5.41) is 2.56. The first-order valence-electron chi connectivity index (χ1n) is 7.80. The molecule has 0 bridgehead atoms. The summed E-state index contributed by atoms with van der Waals surface area (Å²) in [6.45, 7) is 2.56. The number of hydrogen-bond donors (Lipinski definition) is 1. The topological polar surface area (TPSA) is 90.9 Å². The van der Waals surface area contributed by atoms with Crippen molar-refractivity contribution in [3.63, 3.8) is 0 Å². The van der Waals surface area contributed by atoms with Gasteiger partial charge in [-0.05, 0) is 37.1 Å². The minimum absolute atomic E-state index is 0.225. The molecule has 7 heteroatoms. The van der Waals surface area contributed by atoms with E-state index in [4.69, 9.17) is 9.47 Å². The van der Waals surface area contributed by atoms with Crippen LogP contribution in [0, 0.1) is 0 Å². The van der Waals surface area contributed by atoms with Gasteiger partial charge in [-0.25, -0.2) is 4.79 Å². The fourth-order valence-electron chi connectivity index (χ4n) is 1.74. The first-order valence-corrected chi connectivity index (χ1v) is 7.80. The number of amides is 1. The first kappa shape index (κ1) is 19.5. The lowest BCUT2D eigenvalue weighted by Gasteiger charge is -2.07. The highest BCUT2D eigenvalue weighted by Crippen LogP contribution is 2.13. The van der Waals surface area contributed by atoms with Gasteiger partial charge in [0.05, 0.1) is 19.3 Å². The van der Waals surface area contributed by atoms with Gasteiger partial charge < -0.3 is 19.5 Å². The number of methoxy groups -OCH3 is 1. The van der Waals surface area contributed by atoms with Crippen molar-refractivity contribution in [2.45, 2.75) is 26.2 Å². The predicted molar refractivity (Wildman–Crippen MR) is 86.8 cm³/mol. The summed E-state index contributed by atoms with van der Waals surface area (Å²) in [7, 11) is 1.31. The van der Waals surface area contributed by atoms with Crippen LogP contribution < -0.4 is 10.1 Å². The van der Waals surface area contributed by atoms with E-state index >= 15 is 0 Å². The van der Waals surface area contributed by atoms with E-state index in [1.54, 1.807) is 24.3 Å². The SMILES string of the molecule is CCCOc1ccc(C(=O)OCC(=O)NCCCC(=O)OC)cc1. The van der Waals surface area contributed by atoms with Crippen molar-refractivity contribution in [1.29, 1.82) is 0 Å². The van der Waals surface area contributed by atoms with Crippen LogP contribution >= 0.6 is 0 Å². The van der Waals surface area contributed by atoms with E-state index in [1.165, 1.54) is 7.11 Å². The van der Waals surface area contributed by atoms with Crippen molar-refractivity contribution in [2.75, 3.05) is 26.9 Å². The number of benzene rings is 1. The molecule has 1 aromatic carbocycles. The molecule has 1 N–H and O–H groups in total. The zero-order chi connectivity index (χ0) is 17.8. The Labute approximate surface area is 141 Å². The van der Waals surface area contributed by atoms with Crippen molar-refractivity contribution in [2.24, 2.45) is 0 Å². The monoisotopic (exact) mass is 337 g/mol. The molecule has 0 aliphatic carbocycles. The van der Waals surface area contributed by atoms with E-state index in [0.717, 1.165) is 6.42 Å². The molecule has 0 aromatic heterocycles. The molecule has 0 spiro atoms. The lowest BCUT2D eigenvalue weighted by atomic mass is 10.2. The Bertz CT molecular complexity index is 541.